The third-order valence-electron chi connectivity index (χ3n) is 1.53. The summed E-state index contributed by atoms with van der Waals surface area (Å²) in [5, 5.41) is 8.38. The number of alkyl halides is 3. The van der Waals surface area contributed by atoms with Crippen molar-refractivity contribution in [1.29, 1.82) is 5.26 Å². The average molecular weight is 233 g/mol. The van der Waals surface area contributed by atoms with Crippen LogP contribution in [-0.2, 0) is 6.42 Å². The van der Waals surface area contributed by atoms with E-state index >= 15 is 0 Å². The Hall–Kier alpha value is -1.35. The number of nitriles is 1. The van der Waals surface area contributed by atoms with Gasteiger partial charge in [0.15, 0.2) is 0 Å². The predicted octanol–water partition coefficient (Wildman–Crippen LogP) is 2.94. The van der Waals surface area contributed by atoms with Crippen LogP contribution < -0.4 is 4.74 Å². The second-order valence-electron chi connectivity index (χ2n) is 2.68. The molecular weight excluding hydrogens is 227 g/mol. The van der Waals surface area contributed by atoms with Crippen molar-refractivity contribution in [3.8, 4) is 11.8 Å². The molecule has 1 aromatic carbocycles. The van der Waals surface area contributed by atoms with Gasteiger partial charge in [0.25, 0.3) is 0 Å². The first-order chi connectivity index (χ1) is 6.92. The van der Waals surface area contributed by atoms with Crippen molar-refractivity contribution in [2.45, 2.75) is 17.7 Å². The highest BCUT2D eigenvalue weighted by Gasteiger charge is 2.31. The maximum absolute atomic E-state index is 11.9. The smallest absolute Gasteiger partial charge is 0.405 e. The molecule has 0 unspecified atom stereocenters. The Morgan fingerprint density at radius 3 is 2.60 bits per heavy atom. The Morgan fingerprint density at radius 2 is 2.07 bits per heavy atom. The molecule has 0 heterocycles. The Labute approximate surface area is 89.7 Å². The van der Waals surface area contributed by atoms with Crippen LogP contribution in [0.5, 0.6) is 5.75 Å². The molecule has 0 spiro atoms. The predicted molar refractivity (Wildman–Crippen MR) is 49.7 cm³/mol. The minimum absolute atomic E-state index is 0.0300. The van der Waals surface area contributed by atoms with E-state index in [-0.39, 0.29) is 11.3 Å². The SMILES string of the molecule is N#CCc1ccc(S)c(OC(F)(F)F)c1. The molecule has 80 valence electrons. The summed E-state index contributed by atoms with van der Waals surface area (Å²) in [5.74, 6) is -0.390. The van der Waals surface area contributed by atoms with E-state index in [0.717, 1.165) is 6.07 Å². The Morgan fingerprint density at radius 1 is 1.40 bits per heavy atom. The number of benzene rings is 1. The largest absolute Gasteiger partial charge is 0.573 e. The lowest BCUT2D eigenvalue weighted by atomic mass is 10.1. The molecule has 1 rings (SSSR count). The van der Waals surface area contributed by atoms with E-state index in [0.29, 0.717) is 5.56 Å². The molecule has 0 atom stereocenters. The number of hydrogen-bond donors (Lipinski definition) is 1. The summed E-state index contributed by atoms with van der Waals surface area (Å²) in [6.45, 7) is 0. The zero-order valence-corrected chi connectivity index (χ0v) is 8.27. The molecule has 0 saturated carbocycles. The molecule has 0 saturated heterocycles. The fourth-order valence-corrected chi connectivity index (χ4v) is 1.15. The van der Waals surface area contributed by atoms with Crippen LogP contribution in [0.4, 0.5) is 13.2 Å². The number of rotatable bonds is 2. The number of halogens is 3. The summed E-state index contributed by atoms with van der Waals surface area (Å²) in [7, 11) is 0. The monoisotopic (exact) mass is 233 g/mol. The first kappa shape index (κ1) is 11.7. The summed E-state index contributed by atoms with van der Waals surface area (Å²) in [4.78, 5) is 0.0778. The number of ether oxygens (including phenoxy) is 1. The van der Waals surface area contributed by atoms with E-state index in [1.165, 1.54) is 12.1 Å². The van der Waals surface area contributed by atoms with Gasteiger partial charge in [0.2, 0.25) is 0 Å². The maximum atomic E-state index is 11.9. The highest BCUT2D eigenvalue weighted by Crippen LogP contribution is 2.29. The van der Waals surface area contributed by atoms with Crippen LogP contribution in [0, 0.1) is 11.3 Å². The first-order valence-corrected chi connectivity index (χ1v) is 4.31. The average Bonchev–Trinajstić information content (AvgIpc) is 2.09. The fraction of sp³-hybridized carbons (Fsp3) is 0.222. The molecule has 0 aliphatic carbocycles. The van der Waals surface area contributed by atoms with Gasteiger partial charge in [-0.05, 0) is 17.7 Å². The van der Waals surface area contributed by atoms with Gasteiger partial charge >= 0.3 is 6.36 Å². The minimum atomic E-state index is -4.75. The van der Waals surface area contributed by atoms with Gasteiger partial charge in [-0.1, -0.05) is 6.07 Å². The fourth-order valence-electron chi connectivity index (χ4n) is 0.966. The van der Waals surface area contributed by atoms with Crippen LogP contribution in [0.25, 0.3) is 0 Å². The quantitative estimate of drug-likeness (QED) is 0.796. The van der Waals surface area contributed by atoms with Gasteiger partial charge in [-0.2, -0.15) is 5.26 Å². The van der Waals surface area contributed by atoms with Crippen molar-refractivity contribution >= 4 is 12.6 Å². The van der Waals surface area contributed by atoms with Crippen LogP contribution in [-0.4, -0.2) is 6.36 Å². The summed E-state index contributed by atoms with van der Waals surface area (Å²) in [5.41, 5.74) is 0.453. The molecule has 2 nitrogen and oxygen atoms in total. The van der Waals surface area contributed by atoms with E-state index in [1.807, 2.05) is 6.07 Å². The van der Waals surface area contributed by atoms with Crippen molar-refractivity contribution in [2.24, 2.45) is 0 Å². The van der Waals surface area contributed by atoms with E-state index in [9.17, 15) is 13.2 Å². The Kier molecular flexibility index (Phi) is 3.48. The molecule has 0 aromatic heterocycles. The van der Waals surface area contributed by atoms with Gasteiger partial charge in [0.05, 0.1) is 12.5 Å². The van der Waals surface area contributed by atoms with Gasteiger partial charge in [-0.25, -0.2) is 0 Å². The van der Waals surface area contributed by atoms with Crippen molar-refractivity contribution in [3.63, 3.8) is 0 Å². The maximum Gasteiger partial charge on any atom is 0.573 e. The summed E-state index contributed by atoms with van der Waals surface area (Å²) < 4.78 is 39.5. The molecule has 0 aliphatic heterocycles. The molecule has 1 aromatic rings. The number of nitrogens with zero attached hydrogens (tertiary/aromatic N) is 1. The molecule has 0 fully saturated rings. The topological polar surface area (TPSA) is 33.0 Å². The third-order valence-corrected chi connectivity index (χ3v) is 1.90. The van der Waals surface area contributed by atoms with Crippen LogP contribution in [0.1, 0.15) is 5.56 Å². The van der Waals surface area contributed by atoms with Gasteiger partial charge in [-0.3, -0.25) is 0 Å². The Balaban J connectivity index is 2.96. The zero-order valence-electron chi connectivity index (χ0n) is 7.38. The summed E-state index contributed by atoms with van der Waals surface area (Å²) >= 11 is 3.82. The van der Waals surface area contributed by atoms with Crippen LogP contribution in [0.2, 0.25) is 0 Å². The standard InChI is InChI=1S/C9H6F3NOS/c10-9(11,12)14-7-5-6(3-4-13)1-2-8(7)15/h1-2,5,15H,3H2. The van der Waals surface area contributed by atoms with Crippen molar-refractivity contribution in [3.05, 3.63) is 23.8 Å². The van der Waals surface area contributed by atoms with Crippen LogP contribution >= 0.6 is 12.6 Å². The van der Waals surface area contributed by atoms with E-state index in [2.05, 4.69) is 17.4 Å². The lowest BCUT2D eigenvalue weighted by molar-refractivity contribution is -0.275. The van der Waals surface area contributed by atoms with E-state index in [4.69, 9.17) is 5.26 Å². The second kappa shape index (κ2) is 4.45. The van der Waals surface area contributed by atoms with Crippen LogP contribution in [0.3, 0.4) is 0 Å². The molecule has 0 aliphatic rings. The molecule has 0 N–H and O–H groups in total. The van der Waals surface area contributed by atoms with Gasteiger partial charge in [0, 0.05) is 4.90 Å². The van der Waals surface area contributed by atoms with Gasteiger partial charge in [0.1, 0.15) is 5.75 Å². The third kappa shape index (κ3) is 3.72. The lowest BCUT2D eigenvalue weighted by Crippen LogP contribution is -2.17. The zero-order chi connectivity index (χ0) is 11.5. The van der Waals surface area contributed by atoms with Crippen molar-refractivity contribution < 1.29 is 17.9 Å². The molecule has 15 heavy (non-hydrogen) atoms. The van der Waals surface area contributed by atoms with Gasteiger partial charge < -0.3 is 4.74 Å². The number of hydrogen-bond acceptors (Lipinski definition) is 3. The molecular formula is C9H6F3NOS. The molecule has 6 heteroatoms. The van der Waals surface area contributed by atoms with Crippen molar-refractivity contribution in [1.82, 2.24) is 0 Å². The lowest BCUT2D eigenvalue weighted by Gasteiger charge is -2.11. The number of thiol groups is 1. The highest BCUT2D eigenvalue weighted by molar-refractivity contribution is 7.80. The summed E-state index contributed by atoms with van der Waals surface area (Å²) in [6.07, 6.45) is -4.72. The normalized spacial score (nSPS) is 10.9. The highest BCUT2D eigenvalue weighted by atomic mass is 32.1. The molecule has 0 bridgehead atoms. The second-order valence-corrected chi connectivity index (χ2v) is 3.17. The Bertz CT molecular complexity index is 397. The molecule has 0 amide bonds. The van der Waals surface area contributed by atoms with Crippen molar-refractivity contribution in [2.75, 3.05) is 0 Å². The molecule has 0 radical (unpaired) electrons. The van der Waals surface area contributed by atoms with Gasteiger partial charge in [-0.15, -0.1) is 25.8 Å². The minimum Gasteiger partial charge on any atom is -0.405 e. The van der Waals surface area contributed by atoms with Crippen LogP contribution in [0.15, 0.2) is 23.1 Å². The van der Waals surface area contributed by atoms with E-state index in [1.54, 1.807) is 0 Å². The van der Waals surface area contributed by atoms with E-state index < -0.39 is 12.1 Å². The first-order valence-electron chi connectivity index (χ1n) is 3.87. The summed E-state index contributed by atoms with van der Waals surface area (Å²) in [6, 6.07) is 5.86.